The van der Waals surface area contributed by atoms with Crippen molar-refractivity contribution < 1.29 is 17.6 Å². The van der Waals surface area contributed by atoms with Gasteiger partial charge >= 0.3 is 0 Å². The molecule has 2 atom stereocenters. The number of rotatable bonds is 5. The van der Waals surface area contributed by atoms with Crippen LogP contribution in [-0.4, -0.2) is 47.2 Å². The highest BCUT2D eigenvalue weighted by atomic mass is 32.2. The Bertz CT molecular complexity index is 864. The third-order valence-electron chi connectivity index (χ3n) is 5.90. The molecule has 152 valence electrons. The van der Waals surface area contributed by atoms with E-state index < -0.39 is 9.84 Å². The van der Waals surface area contributed by atoms with Crippen molar-refractivity contribution in [1.29, 1.82) is 0 Å². The largest absolute Gasteiger partial charge is 0.342 e. The normalized spacial score (nSPS) is 28.2. The van der Waals surface area contributed by atoms with Crippen molar-refractivity contribution in [2.45, 2.75) is 56.4 Å². The molecule has 0 unspecified atom stereocenters. The fourth-order valence-corrected chi connectivity index (χ4v) is 8.36. The molecule has 0 spiro atoms. The summed E-state index contributed by atoms with van der Waals surface area (Å²) in [6.07, 6.45) is 6.26. The Morgan fingerprint density at radius 1 is 1.18 bits per heavy atom. The molecule has 1 amide bonds. The molecule has 1 saturated carbocycles. The molecule has 0 aromatic heterocycles. The van der Waals surface area contributed by atoms with E-state index in [1.807, 2.05) is 4.90 Å². The third kappa shape index (κ3) is 4.59. The van der Waals surface area contributed by atoms with E-state index in [2.05, 4.69) is 4.99 Å². The zero-order valence-electron chi connectivity index (χ0n) is 15.7. The molecule has 2 aliphatic heterocycles. The fourth-order valence-electron chi connectivity index (χ4n) is 4.40. The number of amidine groups is 1. The summed E-state index contributed by atoms with van der Waals surface area (Å²) in [4.78, 5) is 18.7. The molecule has 3 aliphatic rings. The van der Waals surface area contributed by atoms with Gasteiger partial charge in [0.05, 0.1) is 17.5 Å². The van der Waals surface area contributed by atoms with E-state index in [1.165, 1.54) is 49.6 Å². The number of benzene rings is 1. The van der Waals surface area contributed by atoms with Crippen LogP contribution in [0.2, 0.25) is 0 Å². The number of aliphatic imine (C=N–C) groups is 1. The van der Waals surface area contributed by atoms with Gasteiger partial charge in [-0.15, -0.1) is 0 Å². The molecule has 28 heavy (non-hydrogen) atoms. The molecule has 0 radical (unpaired) electrons. The second kappa shape index (κ2) is 8.14. The van der Waals surface area contributed by atoms with Crippen LogP contribution in [0, 0.1) is 11.7 Å². The quantitative estimate of drug-likeness (QED) is 0.725. The predicted octanol–water partition coefficient (Wildman–Crippen LogP) is 3.39. The first-order valence-corrected chi connectivity index (χ1v) is 12.6. The summed E-state index contributed by atoms with van der Waals surface area (Å²) in [6, 6.07) is 5.99. The number of thioether (sulfide) groups is 1. The molecule has 2 saturated heterocycles. The van der Waals surface area contributed by atoms with Crippen molar-refractivity contribution in [3.63, 3.8) is 0 Å². The molecule has 4 rings (SSSR count). The van der Waals surface area contributed by atoms with Crippen molar-refractivity contribution in [3.8, 4) is 0 Å². The predicted molar refractivity (Wildman–Crippen MR) is 109 cm³/mol. The van der Waals surface area contributed by atoms with Gasteiger partial charge in [0.15, 0.2) is 15.0 Å². The van der Waals surface area contributed by atoms with Crippen molar-refractivity contribution >= 4 is 32.7 Å². The van der Waals surface area contributed by atoms with Gasteiger partial charge in [0.1, 0.15) is 5.82 Å². The Kier molecular flexibility index (Phi) is 5.78. The summed E-state index contributed by atoms with van der Waals surface area (Å²) in [7, 11) is -3.07. The number of halogens is 1. The SMILES string of the molecule is O=C(CCC1CCCC1)N=C1S[C@H]2CS(=O)(=O)C[C@@H]2N1Cc1ccc(F)cc1. The van der Waals surface area contributed by atoms with Crippen molar-refractivity contribution in [1.82, 2.24) is 4.90 Å². The molecule has 2 heterocycles. The van der Waals surface area contributed by atoms with Gasteiger partial charge in [0.2, 0.25) is 5.91 Å². The van der Waals surface area contributed by atoms with Gasteiger partial charge in [0.25, 0.3) is 0 Å². The molecular weight excluding hydrogens is 399 g/mol. The van der Waals surface area contributed by atoms with Gasteiger partial charge in [-0.25, -0.2) is 12.8 Å². The van der Waals surface area contributed by atoms with Crippen LogP contribution in [-0.2, 0) is 21.2 Å². The van der Waals surface area contributed by atoms with Gasteiger partial charge in [-0.2, -0.15) is 4.99 Å². The highest BCUT2D eigenvalue weighted by molar-refractivity contribution is 8.15. The summed E-state index contributed by atoms with van der Waals surface area (Å²) < 4.78 is 37.4. The number of fused-ring (bicyclic) bond motifs is 1. The first-order valence-electron chi connectivity index (χ1n) is 9.89. The van der Waals surface area contributed by atoms with E-state index in [4.69, 9.17) is 0 Å². The van der Waals surface area contributed by atoms with Crippen LogP contribution in [0.4, 0.5) is 4.39 Å². The Hall–Kier alpha value is -1.41. The van der Waals surface area contributed by atoms with Gasteiger partial charge in [-0.1, -0.05) is 49.6 Å². The fraction of sp³-hybridized carbons (Fsp3) is 0.600. The Morgan fingerprint density at radius 2 is 1.89 bits per heavy atom. The van der Waals surface area contributed by atoms with Crippen LogP contribution in [0.5, 0.6) is 0 Å². The van der Waals surface area contributed by atoms with E-state index in [0.717, 1.165) is 12.0 Å². The van der Waals surface area contributed by atoms with Crippen molar-refractivity contribution in [3.05, 3.63) is 35.6 Å². The summed E-state index contributed by atoms with van der Waals surface area (Å²) in [5.74, 6) is 0.414. The minimum Gasteiger partial charge on any atom is -0.342 e. The van der Waals surface area contributed by atoms with Crippen LogP contribution >= 0.6 is 11.8 Å². The molecule has 8 heteroatoms. The maximum absolute atomic E-state index is 13.2. The summed E-state index contributed by atoms with van der Waals surface area (Å²) in [5, 5.41) is 0.525. The molecule has 3 fully saturated rings. The smallest absolute Gasteiger partial charge is 0.248 e. The van der Waals surface area contributed by atoms with E-state index in [-0.39, 0.29) is 34.5 Å². The molecule has 5 nitrogen and oxygen atoms in total. The second-order valence-corrected chi connectivity index (χ2v) is 11.4. The Balaban J connectivity index is 1.49. The van der Waals surface area contributed by atoms with Gasteiger partial charge in [-0.05, 0) is 30.0 Å². The second-order valence-electron chi connectivity index (χ2n) is 8.03. The average Bonchev–Trinajstić information content (AvgIpc) is 3.32. The summed E-state index contributed by atoms with van der Waals surface area (Å²) in [5.41, 5.74) is 0.873. The summed E-state index contributed by atoms with van der Waals surface area (Å²) >= 11 is 1.40. The maximum Gasteiger partial charge on any atom is 0.248 e. The Morgan fingerprint density at radius 3 is 2.61 bits per heavy atom. The van der Waals surface area contributed by atoms with E-state index in [0.29, 0.717) is 24.1 Å². The average molecular weight is 425 g/mol. The number of hydrogen-bond donors (Lipinski definition) is 0. The minimum absolute atomic E-state index is 0.0845. The highest BCUT2D eigenvalue weighted by Gasteiger charge is 2.48. The minimum atomic E-state index is -3.07. The maximum atomic E-state index is 13.2. The van der Waals surface area contributed by atoms with Crippen molar-refractivity contribution in [2.75, 3.05) is 11.5 Å². The van der Waals surface area contributed by atoms with Crippen LogP contribution < -0.4 is 0 Å². The number of carbonyl (C=O) groups is 1. The molecule has 0 N–H and O–H groups in total. The third-order valence-corrected chi connectivity index (χ3v) is 9.15. The van der Waals surface area contributed by atoms with Gasteiger partial charge < -0.3 is 4.90 Å². The number of amides is 1. The van der Waals surface area contributed by atoms with E-state index in [1.54, 1.807) is 12.1 Å². The lowest BCUT2D eigenvalue weighted by atomic mass is 10.0. The molecule has 1 aromatic carbocycles. The van der Waals surface area contributed by atoms with Gasteiger partial charge in [0, 0.05) is 18.2 Å². The topological polar surface area (TPSA) is 66.8 Å². The number of carbonyl (C=O) groups excluding carboxylic acids is 1. The number of nitrogens with zero attached hydrogens (tertiary/aromatic N) is 2. The van der Waals surface area contributed by atoms with Gasteiger partial charge in [-0.3, -0.25) is 4.79 Å². The molecule has 1 aliphatic carbocycles. The Labute approximate surface area is 169 Å². The first kappa shape index (κ1) is 19.9. The lowest BCUT2D eigenvalue weighted by molar-refractivity contribution is -0.118. The first-order chi connectivity index (χ1) is 13.4. The van der Waals surface area contributed by atoms with Crippen LogP contribution in [0.25, 0.3) is 0 Å². The van der Waals surface area contributed by atoms with Crippen LogP contribution in [0.3, 0.4) is 0 Å². The molecule has 0 bridgehead atoms. The molecule has 1 aromatic rings. The van der Waals surface area contributed by atoms with Crippen molar-refractivity contribution in [2.24, 2.45) is 10.9 Å². The van der Waals surface area contributed by atoms with Crippen LogP contribution in [0.15, 0.2) is 29.3 Å². The zero-order chi connectivity index (χ0) is 19.7. The highest BCUT2D eigenvalue weighted by Crippen LogP contribution is 2.39. The van der Waals surface area contributed by atoms with Crippen LogP contribution in [0.1, 0.15) is 44.1 Å². The standard InChI is InChI=1S/C20H25FN2O3S2/c21-16-8-5-15(6-9-16)11-23-17-12-28(25,26)13-18(17)27-20(23)22-19(24)10-7-14-3-1-2-4-14/h5-6,8-9,14,17-18H,1-4,7,10-13H2/t17-,18-/m0/s1. The monoisotopic (exact) mass is 424 g/mol. The van der Waals surface area contributed by atoms with E-state index in [9.17, 15) is 17.6 Å². The zero-order valence-corrected chi connectivity index (χ0v) is 17.4. The molecular formula is C20H25FN2O3S2. The van der Waals surface area contributed by atoms with E-state index >= 15 is 0 Å². The number of sulfone groups is 1. The summed E-state index contributed by atoms with van der Waals surface area (Å²) in [6.45, 7) is 0.429. The number of hydrogen-bond acceptors (Lipinski definition) is 4. The lowest BCUT2D eigenvalue weighted by Gasteiger charge is -2.24. The lowest BCUT2D eigenvalue weighted by Crippen LogP contribution is -2.37.